The van der Waals surface area contributed by atoms with E-state index in [1.165, 1.54) is 23.5 Å². The molecule has 134 valence electrons. The summed E-state index contributed by atoms with van der Waals surface area (Å²) in [5, 5.41) is 11.1. The Morgan fingerprint density at radius 3 is 2.42 bits per heavy atom. The van der Waals surface area contributed by atoms with E-state index in [4.69, 9.17) is 5.11 Å². The monoisotopic (exact) mass is 381 g/mol. The summed E-state index contributed by atoms with van der Waals surface area (Å²) in [7, 11) is 0. The molecule has 1 heterocycles. The third kappa shape index (κ3) is 4.08. The van der Waals surface area contributed by atoms with E-state index < -0.39 is 23.5 Å². The molecule has 0 saturated heterocycles. The van der Waals surface area contributed by atoms with E-state index >= 15 is 0 Å². The summed E-state index contributed by atoms with van der Waals surface area (Å²) in [4.78, 5) is 15.1. The van der Waals surface area contributed by atoms with Crippen molar-refractivity contribution < 1.29 is 27.5 Å². The maximum absolute atomic E-state index is 13.5. The van der Waals surface area contributed by atoms with Gasteiger partial charge in [0.25, 0.3) is 0 Å². The largest absolute Gasteiger partial charge is 0.478 e. The van der Waals surface area contributed by atoms with Crippen molar-refractivity contribution in [1.82, 2.24) is 4.98 Å². The molecule has 0 aliphatic carbocycles. The van der Waals surface area contributed by atoms with Gasteiger partial charge in [-0.05, 0) is 35.9 Å². The summed E-state index contributed by atoms with van der Waals surface area (Å²) < 4.78 is 52.0. The molecule has 3 rings (SSSR count). The molecule has 0 radical (unpaired) electrons. The van der Waals surface area contributed by atoms with Gasteiger partial charge in [0.2, 0.25) is 0 Å². The Labute approximate surface area is 149 Å². The number of carboxylic acid groups (broad SMARTS) is 1. The predicted octanol–water partition coefficient (Wildman–Crippen LogP) is 5.26. The molecule has 1 N–H and O–H groups in total. The Balaban J connectivity index is 1.84. The summed E-state index contributed by atoms with van der Waals surface area (Å²) >= 11 is 1.24. The number of rotatable bonds is 4. The van der Waals surface area contributed by atoms with Gasteiger partial charge >= 0.3 is 12.1 Å². The first-order valence-electron chi connectivity index (χ1n) is 7.37. The van der Waals surface area contributed by atoms with Crippen molar-refractivity contribution in [1.29, 1.82) is 0 Å². The molecule has 1 aromatic heterocycles. The van der Waals surface area contributed by atoms with Gasteiger partial charge in [0, 0.05) is 17.4 Å². The van der Waals surface area contributed by atoms with Crippen LogP contribution in [-0.2, 0) is 12.6 Å². The third-order valence-electron chi connectivity index (χ3n) is 3.63. The average Bonchev–Trinajstić information content (AvgIpc) is 3.02. The second kappa shape index (κ2) is 6.87. The second-order valence-corrected chi connectivity index (χ2v) is 6.47. The number of nitrogens with zero attached hydrogens (tertiary/aromatic N) is 1. The minimum Gasteiger partial charge on any atom is -0.478 e. The fraction of sp³-hybridized carbons (Fsp3) is 0.111. The zero-order chi connectivity index (χ0) is 18.9. The lowest BCUT2D eigenvalue weighted by Gasteiger charge is -2.08. The number of alkyl halides is 3. The molecule has 0 spiro atoms. The third-order valence-corrected chi connectivity index (χ3v) is 4.48. The van der Waals surface area contributed by atoms with Gasteiger partial charge < -0.3 is 5.11 Å². The molecule has 0 atom stereocenters. The molecular weight excluding hydrogens is 370 g/mol. The van der Waals surface area contributed by atoms with Crippen LogP contribution in [0.4, 0.5) is 17.6 Å². The maximum Gasteiger partial charge on any atom is 0.416 e. The Kier molecular flexibility index (Phi) is 4.78. The van der Waals surface area contributed by atoms with E-state index in [9.17, 15) is 22.4 Å². The van der Waals surface area contributed by atoms with Crippen LogP contribution in [0.15, 0.2) is 47.8 Å². The van der Waals surface area contributed by atoms with Crippen LogP contribution in [0.1, 0.15) is 26.5 Å². The number of halogens is 4. The van der Waals surface area contributed by atoms with Crippen LogP contribution < -0.4 is 0 Å². The highest BCUT2D eigenvalue weighted by Gasteiger charge is 2.31. The number of aromatic carboxylic acids is 1. The van der Waals surface area contributed by atoms with E-state index in [-0.39, 0.29) is 16.8 Å². The molecule has 0 aliphatic rings. The zero-order valence-electron chi connectivity index (χ0n) is 13.0. The van der Waals surface area contributed by atoms with E-state index in [1.54, 1.807) is 17.5 Å². The zero-order valence-corrected chi connectivity index (χ0v) is 13.9. The molecule has 26 heavy (non-hydrogen) atoms. The number of hydrogen-bond acceptors (Lipinski definition) is 3. The van der Waals surface area contributed by atoms with Gasteiger partial charge in [-0.2, -0.15) is 13.2 Å². The molecule has 0 aliphatic heterocycles. The molecular formula is C18H11F4NO2S. The smallest absolute Gasteiger partial charge is 0.416 e. The van der Waals surface area contributed by atoms with Crippen molar-refractivity contribution >= 4 is 17.3 Å². The number of carboxylic acids is 1. The van der Waals surface area contributed by atoms with Crippen molar-refractivity contribution in [2.24, 2.45) is 0 Å². The Morgan fingerprint density at radius 2 is 1.81 bits per heavy atom. The number of thiazole rings is 1. The first-order valence-corrected chi connectivity index (χ1v) is 8.25. The highest BCUT2D eigenvalue weighted by atomic mass is 32.1. The Hall–Kier alpha value is -2.74. The van der Waals surface area contributed by atoms with Gasteiger partial charge in [0.05, 0.1) is 21.8 Å². The molecule has 0 fully saturated rings. The maximum atomic E-state index is 13.5. The Morgan fingerprint density at radius 1 is 1.12 bits per heavy atom. The topological polar surface area (TPSA) is 50.2 Å². The highest BCUT2D eigenvalue weighted by Crippen LogP contribution is 2.33. The summed E-state index contributed by atoms with van der Waals surface area (Å²) in [5.41, 5.74) is 0.226. The van der Waals surface area contributed by atoms with Crippen LogP contribution in [0.3, 0.4) is 0 Å². The fourth-order valence-corrected chi connectivity index (χ4v) is 3.20. The number of carbonyl (C=O) groups is 1. The van der Waals surface area contributed by atoms with Crippen molar-refractivity contribution in [2.75, 3.05) is 0 Å². The van der Waals surface area contributed by atoms with Crippen molar-refractivity contribution in [3.63, 3.8) is 0 Å². The molecule has 0 bridgehead atoms. The fourth-order valence-electron chi connectivity index (χ4n) is 2.37. The van der Waals surface area contributed by atoms with E-state index in [2.05, 4.69) is 4.98 Å². The number of aromatic nitrogens is 1. The highest BCUT2D eigenvalue weighted by molar-refractivity contribution is 7.10. The van der Waals surface area contributed by atoms with Gasteiger partial charge in [-0.15, -0.1) is 11.3 Å². The van der Waals surface area contributed by atoms with Crippen LogP contribution in [-0.4, -0.2) is 16.1 Å². The minimum atomic E-state index is -4.64. The SMILES string of the molecule is O=C(O)c1ccc(Cc2nc(-c3cc(F)cc(C(F)(F)F)c3)cs2)cc1. The van der Waals surface area contributed by atoms with Gasteiger partial charge in [0.15, 0.2) is 0 Å². The molecule has 2 aromatic carbocycles. The predicted molar refractivity (Wildman–Crippen MR) is 88.7 cm³/mol. The van der Waals surface area contributed by atoms with E-state index in [0.717, 1.165) is 17.7 Å². The molecule has 0 saturated carbocycles. The summed E-state index contributed by atoms with van der Waals surface area (Å²) in [5.74, 6) is -2.01. The first-order chi connectivity index (χ1) is 12.2. The number of benzene rings is 2. The van der Waals surface area contributed by atoms with Crippen LogP contribution in [0, 0.1) is 5.82 Å². The second-order valence-electron chi connectivity index (χ2n) is 5.53. The van der Waals surface area contributed by atoms with Crippen molar-refractivity contribution in [2.45, 2.75) is 12.6 Å². The lowest BCUT2D eigenvalue weighted by Crippen LogP contribution is -2.05. The standard InChI is InChI=1S/C18H11F4NO2S/c19-14-7-12(6-13(8-14)18(20,21)22)15-9-26-16(23-15)5-10-1-3-11(4-2-10)17(24)25/h1-4,6-9H,5H2,(H,24,25). The van der Waals surface area contributed by atoms with Gasteiger partial charge in [-0.25, -0.2) is 14.2 Å². The number of hydrogen-bond donors (Lipinski definition) is 1. The van der Waals surface area contributed by atoms with Crippen LogP contribution in [0.2, 0.25) is 0 Å². The summed E-state index contributed by atoms with van der Waals surface area (Å²) in [6, 6.07) is 8.55. The van der Waals surface area contributed by atoms with Gasteiger partial charge in [-0.1, -0.05) is 12.1 Å². The van der Waals surface area contributed by atoms with E-state index in [0.29, 0.717) is 17.5 Å². The molecule has 3 nitrogen and oxygen atoms in total. The summed E-state index contributed by atoms with van der Waals surface area (Å²) in [6.07, 6.45) is -4.24. The van der Waals surface area contributed by atoms with Crippen LogP contribution >= 0.6 is 11.3 Å². The van der Waals surface area contributed by atoms with Crippen LogP contribution in [0.5, 0.6) is 0 Å². The quantitative estimate of drug-likeness (QED) is 0.628. The summed E-state index contributed by atoms with van der Waals surface area (Å²) in [6.45, 7) is 0. The average molecular weight is 381 g/mol. The lowest BCUT2D eigenvalue weighted by molar-refractivity contribution is -0.137. The van der Waals surface area contributed by atoms with Gasteiger partial charge in [-0.3, -0.25) is 0 Å². The Bertz CT molecular complexity index is 949. The lowest BCUT2D eigenvalue weighted by atomic mass is 10.1. The molecule has 0 amide bonds. The van der Waals surface area contributed by atoms with E-state index in [1.807, 2.05) is 0 Å². The van der Waals surface area contributed by atoms with Crippen molar-refractivity contribution in [3.05, 3.63) is 75.4 Å². The van der Waals surface area contributed by atoms with Crippen LogP contribution in [0.25, 0.3) is 11.3 Å². The van der Waals surface area contributed by atoms with Crippen molar-refractivity contribution in [3.8, 4) is 11.3 Å². The first kappa shape index (κ1) is 18.1. The normalized spacial score (nSPS) is 11.5. The minimum absolute atomic E-state index is 0.0565. The molecule has 8 heteroatoms. The molecule has 3 aromatic rings. The molecule has 0 unspecified atom stereocenters. The van der Waals surface area contributed by atoms with Gasteiger partial charge in [0.1, 0.15) is 5.82 Å².